The summed E-state index contributed by atoms with van der Waals surface area (Å²) in [4.78, 5) is 101. The minimum absolute atomic E-state index is 0.0205. The molecule has 1 aliphatic carbocycles. The SMILES string of the molecule is O=C1CC[C@H](N2C(=O)c3ccc(N4CC(C(=O)N5CCC(CN6CCN(c7ccc(Nc8ncnc9c8ncn9C8CC(NC(=O)c9c(Cl)cccc9Cl)C8)cc7)CC6)CC5)C4)cc3C2=O)C(=O)N1. The zero-order valence-electron chi connectivity index (χ0n) is 37.7. The standard InChI is InChI=1S/C49H50Cl2N12O6/c50-37-2-1-3-38(51)41(37)46(66)56-31-20-34(21-31)62-27-54-42-43(52-26-53-44(42)62)55-30-4-6-32(7-5-30)59-18-16-58(17-19-59)23-28-12-14-60(15-13-28)47(67)29-24-61(25-29)33-8-9-35-36(22-33)49(69)63(48(35)68)39-10-11-40(64)57-45(39)65/h1-9,22,26-29,31,34,39H,10-21,23-25H2,(H,56,66)(H,52,53,55)(H,57,64,65)/t31?,34?,39-/m0/s1. The number of carbonyl (C=O) groups is 6. The molecule has 11 rings (SSSR count). The second-order valence-corrected chi connectivity index (χ2v) is 19.8. The van der Waals surface area contributed by atoms with Crippen LogP contribution >= 0.6 is 23.2 Å². The number of rotatable bonds is 11. The molecule has 3 N–H and O–H groups in total. The van der Waals surface area contributed by atoms with Crippen molar-refractivity contribution in [3.8, 4) is 0 Å². The van der Waals surface area contributed by atoms with Gasteiger partial charge in [-0.05, 0) is 92.6 Å². The Kier molecular flexibility index (Phi) is 11.9. The second-order valence-electron chi connectivity index (χ2n) is 18.9. The lowest BCUT2D eigenvalue weighted by Crippen LogP contribution is -2.56. The number of hydrogen-bond acceptors (Lipinski definition) is 13. The van der Waals surface area contributed by atoms with Gasteiger partial charge in [0.1, 0.15) is 12.4 Å². The molecule has 2 aromatic heterocycles. The molecule has 20 heteroatoms. The van der Waals surface area contributed by atoms with Crippen LogP contribution in [0.4, 0.5) is 22.9 Å². The molecule has 7 heterocycles. The van der Waals surface area contributed by atoms with Gasteiger partial charge in [0, 0.05) is 94.5 Å². The number of halogens is 2. The summed E-state index contributed by atoms with van der Waals surface area (Å²) in [5.41, 5.74) is 4.99. The van der Waals surface area contributed by atoms with Gasteiger partial charge in [-0.3, -0.25) is 43.9 Å². The van der Waals surface area contributed by atoms with E-state index in [-0.39, 0.29) is 59.3 Å². The fourth-order valence-electron chi connectivity index (χ4n) is 10.7. The minimum Gasteiger partial charge on any atom is -0.370 e. The number of imide groups is 2. The Labute approximate surface area is 407 Å². The molecule has 0 unspecified atom stereocenters. The molecule has 69 heavy (non-hydrogen) atoms. The molecule has 5 aliphatic heterocycles. The highest BCUT2D eigenvalue weighted by molar-refractivity contribution is 6.39. The summed E-state index contributed by atoms with van der Waals surface area (Å²) >= 11 is 12.5. The Morgan fingerprint density at radius 1 is 0.768 bits per heavy atom. The molecule has 1 saturated carbocycles. The molecular weight excluding hydrogens is 924 g/mol. The van der Waals surface area contributed by atoms with Crippen molar-refractivity contribution < 1.29 is 28.8 Å². The highest BCUT2D eigenvalue weighted by Gasteiger charge is 2.46. The van der Waals surface area contributed by atoms with Crippen molar-refractivity contribution >= 4 is 92.7 Å². The van der Waals surface area contributed by atoms with Crippen LogP contribution in [-0.2, 0) is 14.4 Å². The van der Waals surface area contributed by atoms with E-state index in [0.29, 0.717) is 40.4 Å². The van der Waals surface area contributed by atoms with E-state index in [1.54, 1.807) is 49.1 Å². The number of likely N-dealkylation sites (tertiary alicyclic amines) is 1. The second kappa shape index (κ2) is 18.4. The topological polar surface area (TPSA) is 198 Å². The van der Waals surface area contributed by atoms with E-state index in [2.05, 4.69) is 65.0 Å². The van der Waals surface area contributed by atoms with Crippen molar-refractivity contribution in [2.45, 2.75) is 56.7 Å². The highest BCUT2D eigenvalue weighted by Crippen LogP contribution is 2.37. The number of nitrogens with one attached hydrogen (secondary N) is 3. The molecule has 1 atom stereocenters. The number of piperidine rings is 2. The molecular formula is C49H50Cl2N12O6. The minimum atomic E-state index is -1.01. The van der Waals surface area contributed by atoms with Crippen molar-refractivity contribution in [1.82, 2.24) is 44.9 Å². The first kappa shape index (κ1) is 44.9. The fourth-order valence-corrected chi connectivity index (χ4v) is 11.2. The van der Waals surface area contributed by atoms with Gasteiger partial charge in [-0.2, -0.15) is 0 Å². The molecule has 3 aromatic carbocycles. The summed E-state index contributed by atoms with van der Waals surface area (Å²) in [5.74, 6) is -1.20. The van der Waals surface area contributed by atoms with Crippen LogP contribution in [0.5, 0.6) is 0 Å². The smallest absolute Gasteiger partial charge is 0.262 e. The third-order valence-electron chi connectivity index (χ3n) is 14.7. The first-order valence-corrected chi connectivity index (χ1v) is 24.4. The third-order valence-corrected chi connectivity index (χ3v) is 15.3. The molecule has 6 aliphatic rings. The summed E-state index contributed by atoms with van der Waals surface area (Å²) in [7, 11) is 0. The molecule has 4 saturated heterocycles. The van der Waals surface area contributed by atoms with E-state index in [1.165, 1.54) is 5.69 Å². The van der Waals surface area contributed by atoms with Gasteiger partial charge >= 0.3 is 0 Å². The van der Waals surface area contributed by atoms with Gasteiger partial charge in [0.05, 0.1) is 39.0 Å². The number of amides is 6. The number of fused-ring (bicyclic) bond motifs is 2. The first-order chi connectivity index (χ1) is 33.4. The number of aromatic nitrogens is 4. The Hall–Kier alpha value is -6.63. The predicted octanol–water partition coefficient (Wildman–Crippen LogP) is 4.91. The lowest BCUT2D eigenvalue weighted by Gasteiger charge is -2.44. The van der Waals surface area contributed by atoms with Gasteiger partial charge < -0.3 is 29.9 Å². The van der Waals surface area contributed by atoms with E-state index in [1.807, 2.05) is 14.4 Å². The number of imidazole rings is 1. The molecule has 0 bridgehead atoms. The zero-order chi connectivity index (χ0) is 47.5. The van der Waals surface area contributed by atoms with Crippen molar-refractivity contribution in [2.75, 3.05) is 74.0 Å². The maximum absolute atomic E-state index is 13.5. The van der Waals surface area contributed by atoms with E-state index < -0.39 is 29.7 Å². The van der Waals surface area contributed by atoms with E-state index in [9.17, 15) is 28.8 Å². The van der Waals surface area contributed by atoms with Crippen LogP contribution in [-0.4, -0.2) is 141 Å². The number of hydrogen-bond donors (Lipinski definition) is 3. The quantitative estimate of drug-likeness (QED) is 0.151. The molecule has 5 fully saturated rings. The Morgan fingerprint density at radius 2 is 1.48 bits per heavy atom. The first-order valence-electron chi connectivity index (χ1n) is 23.6. The van der Waals surface area contributed by atoms with Gasteiger partial charge in [0.25, 0.3) is 17.7 Å². The number of anilines is 4. The molecule has 5 aromatic rings. The normalized spacial score (nSPS) is 22.4. The van der Waals surface area contributed by atoms with Crippen LogP contribution in [0.3, 0.4) is 0 Å². The Bertz CT molecular complexity index is 2870. The van der Waals surface area contributed by atoms with Gasteiger partial charge in [-0.25, -0.2) is 15.0 Å². The summed E-state index contributed by atoms with van der Waals surface area (Å²) in [6.07, 6.45) is 6.90. The average Bonchev–Trinajstić information content (AvgIpc) is 3.85. The molecule has 18 nitrogen and oxygen atoms in total. The van der Waals surface area contributed by atoms with Crippen LogP contribution < -0.4 is 25.8 Å². The number of nitrogens with zero attached hydrogens (tertiary/aromatic N) is 9. The molecule has 0 radical (unpaired) electrons. The van der Waals surface area contributed by atoms with Crippen molar-refractivity contribution in [1.29, 1.82) is 0 Å². The summed E-state index contributed by atoms with van der Waals surface area (Å²) < 4.78 is 2.05. The van der Waals surface area contributed by atoms with Crippen molar-refractivity contribution in [2.24, 2.45) is 11.8 Å². The Balaban J connectivity index is 0.607. The van der Waals surface area contributed by atoms with E-state index >= 15 is 0 Å². The zero-order valence-corrected chi connectivity index (χ0v) is 39.2. The predicted molar refractivity (Wildman–Crippen MR) is 258 cm³/mol. The maximum atomic E-state index is 13.5. The van der Waals surface area contributed by atoms with Crippen LogP contribution in [0.25, 0.3) is 11.2 Å². The van der Waals surface area contributed by atoms with Gasteiger partial charge in [0.2, 0.25) is 17.7 Å². The monoisotopic (exact) mass is 972 g/mol. The van der Waals surface area contributed by atoms with Crippen LogP contribution in [0.15, 0.2) is 73.3 Å². The summed E-state index contributed by atoms with van der Waals surface area (Å²) in [5, 5.41) is 9.35. The average molecular weight is 974 g/mol. The van der Waals surface area contributed by atoms with Gasteiger partial charge in [0.15, 0.2) is 17.0 Å². The maximum Gasteiger partial charge on any atom is 0.262 e. The highest BCUT2D eigenvalue weighted by atomic mass is 35.5. The van der Waals surface area contributed by atoms with Crippen molar-refractivity contribution in [3.05, 3.63) is 100 Å². The molecule has 0 spiro atoms. The lowest BCUT2D eigenvalue weighted by molar-refractivity contribution is -0.138. The van der Waals surface area contributed by atoms with Crippen LogP contribution in [0.1, 0.15) is 75.6 Å². The Morgan fingerprint density at radius 3 is 2.20 bits per heavy atom. The van der Waals surface area contributed by atoms with E-state index in [0.717, 1.165) is 93.4 Å². The van der Waals surface area contributed by atoms with Crippen molar-refractivity contribution in [3.63, 3.8) is 0 Å². The number of piperazine rings is 1. The third kappa shape index (κ3) is 8.62. The summed E-state index contributed by atoms with van der Waals surface area (Å²) in [6, 6.07) is 17.6. The fraction of sp³-hybridized carbons (Fsp3) is 0.408. The molecule has 6 amide bonds. The van der Waals surface area contributed by atoms with Crippen LogP contribution in [0, 0.1) is 11.8 Å². The molecule has 356 valence electrons. The largest absolute Gasteiger partial charge is 0.370 e. The van der Waals surface area contributed by atoms with Crippen LogP contribution in [0.2, 0.25) is 10.0 Å². The number of benzene rings is 3. The van der Waals surface area contributed by atoms with E-state index in [4.69, 9.17) is 23.2 Å². The van der Waals surface area contributed by atoms with Gasteiger partial charge in [-0.15, -0.1) is 0 Å². The lowest BCUT2D eigenvalue weighted by atomic mass is 9.86. The summed E-state index contributed by atoms with van der Waals surface area (Å²) in [6.45, 7) is 7.40. The number of carbonyl (C=O) groups excluding carboxylic acids is 6. The van der Waals surface area contributed by atoms with Gasteiger partial charge in [-0.1, -0.05) is 29.3 Å².